The van der Waals surface area contributed by atoms with Crippen LogP contribution in [0.5, 0.6) is 5.75 Å². The summed E-state index contributed by atoms with van der Waals surface area (Å²) >= 11 is 11.6. The molecule has 20 heavy (non-hydrogen) atoms. The second-order valence-corrected chi connectivity index (χ2v) is 5.06. The molecule has 2 N–H and O–H groups in total. The summed E-state index contributed by atoms with van der Waals surface area (Å²) < 4.78 is 1.51. The lowest BCUT2D eigenvalue weighted by molar-refractivity contribution is 0.101. The number of amides is 1. The molecule has 2 rings (SSSR count). The fourth-order valence-electron chi connectivity index (χ4n) is 1.74. The van der Waals surface area contributed by atoms with Crippen LogP contribution in [-0.4, -0.2) is 20.8 Å². The van der Waals surface area contributed by atoms with E-state index in [1.165, 1.54) is 16.8 Å². The first-order valence-electron chi connectivity index (χ1n) is 5.94. The number of benzene rings is 1. The highest BCUT2D eigenvalue weighted by Gasteiger charge is 2.14. The van der Waals surface area contributed by atoms with Crippen molar-refractivity contribution in [2.75, 3.05) is 5.32 Å². The van der Waals surface area contributed by atoms with Crippen molar-refractivity contribution in [2.45, 2.75) is 13.3 Å². The van der Waals surface area contributed by atoms with Gasteiger partial charge in [0.05, 0.1) is 15.7 Å². The molecule has 0 saturated heterocycles. The Morgan fingerprint density at radius 1 is 1.35 bits per heavy atom. The third kappa shape index (κ3) is 2.89. The second kappa shape index (κ2) is 5.73. The number of carbonyl (C=O) groups is 1. The normalized spacial score (nSPS) is 10.6. The Labute approximate surface area is 126 Å². The Morgan fingerprint density at radius 2 is 1.95 bits per heavy atom. The van der Waals surface area contributed by atoms with E-state index in [1.807, 2.05) is 6.92 Å². The predicted molar refractivity (Wildman–Crippen MR) is 78.7 cm³/mol. The number of aryl methyl sites for hydroxylation is 2. The number of carbonyl (C=O) groups excluding carboxylic acids is 1. The summed E-state index contributed by atoms with van der Waals surface area (Å²) in [6, 6.07) is 4.58. The third-order valence-electron chi connectivity index (χ3n) is 2.80. The van der Waals surface area contributed by atoms with Gasteiger partial charge >= 0.3 is 0 Å². The molecule has 1 amide bonds. The van der Waals surface area contributed by atoms with E-state index in [4.69, 9.17) is 23.2 Å². The molecule has 0 radical (unpaired) electrons. The molecule has 1 aromatic carbocycles. The van der Waals surface area contributed by atoms with E-state index in [2.05, 4.69) is 10.4 Å². The predicted octanol–water partition coefficient (Wildman–Crippen LogP) is 3.25. The monoisotopic (exact) mass is 313 g/mol. The maximum Gasteiger partial charge on any atom is 0.273 e. The maximum atomic E-state index is 12.2. The summed E-state index contributed by atoms with van der Waals surface area (Å²) in [6.07, 6.45) is 0.748. The molecular formula is C13H13Cl2N3O2. The molecule has 0 aliphatic carbocycles. The van der Waals surface area contributed by atoms with Gasteiger partial charge in [-0.05, 0) is 24.6 Å². The van der Waals surface area contributed by atoms with E-state index in [-0.39, 0.29) is 21.7 Å². The summed E-state index contributed by atoms with van der Waals surface area (Å²) in [5.74, 6) is -0.530. The van der Waals surface area contributed by atoms with Crippen LogP contribution in [-0.2, 0) is 13.5 Å². The van der Waals surface area contributed by atoms with Crippen molar-refractivity contribution in [2.24, 2.45) is 7.05 Å². The largest absolute Gasteiger partial charge is 0.505 e. The number of nitrogens with one attached hydrogen (secondary N) is 1. The first-order chi connectivity index (χ1) is 9.42. The number of hydrogen-bond acceptors (Lipinski definition) is 3. The van der Waals surface area contributed by atoms with Crippen LogP contribution in [0.15, 0.2) is 18.2 Å². The smallest absolute Gasteiger partial charge is 0.273 e. The second-order valence-electron chi connectivity index (χ2n) is 4.24. The van der Waals surface area contributed by atoms with Gasteiger partial charge in [-0.3, -0.25) is 9.48 Å². The fraction of sp³-hybridized carbons (Fsp3) is 0.231. The Kier molecular flexibility index (Phi) is 4.20. The Hall–Kier alpha value is -1.72. The van der Waals surface area contributed by atoms with Gasteiger partial charge in [0.1, 0.15) is 5.69 Å². The lowest BCUT2D eigenvalue weighted by Gasteiger charge is -2.07. The zero-order chi connectivity index (χ0) is 14.9. The van der Waals surface area contributed by atoms with Crippen LogP contribution >= 0.6 is 23.2 Å². The molecule has 1 heterocycles. The number of hydrogen-bond donors (Lipinski definition) is 2. The van der Waals surface area contributed by atoms with Gasteiger partial charge in [-0.15, -0.1) is 0 Å². The van der Waals surface area contributed by atoms with Crippen molar-refractivity contribution >= 4 is 34.8 Å². The van der Waals surface area contributed by atoms with Gasteiger partial charge in [0, 0.05) is 12.7 Å². The molecule has 2 aromatic rings. The van der Waals surface area contributed by atoms with Gasteiger partial charge in [-0.25, -0.2) is 0 Å². The minimum absolute atomic E-state index is 0.0760. The van der Waals surface area contributed by atoms with E-state index in [9.17, 15) is 9.90 Å². The van der Waals surface area contributed by atoms with Gasteiger partial charge in [-0.1, -0.05) is 30.1 Å². The van der Waals surface area contributed by atoms with E-state index in [1.54, 1.807) is 13.1 Å². The molecule has 0 spiro atoms. The van der Waals surface area contributed by atoms with E-state index >= 15 is 0 Å². The molecule has 0 atom stereocenters. The van der Waals surface area contributed by atoms with Crippen molar-refractivity contribution in [3.8, 4) is 5.75 Å². The zero-order valence-corrected chi connectivity index (χ0v) is 12.5. The Balaban J connectivity index is 2.25. The highest BCUT2D eigenvalue weighted by atomic mass is 35.5. The number of phenols is 1. The highest BCUT2D eigenvalue weighted by molar-refractivity contribution is 6.37. The van der Waals surface area contributed by atoms with Crippen molar-refractivity contribution in [1.82, 2.24) is 9.78 Å². The van der Waals surface area contributed by atoms with Crippen molar-refractivity contribution in [3.63, 3.8) is 0 Å². The molecule has 0 aliphatic rings. The topological polar surface area (TPSA) is 67.2 Å². The van der Waals surface area contributed by atoms with E-state index < -0.39 is 0 Å². The molecule has 5 nitrogen and oxygen atoms in total. The number of halogens is 2. The molecule has 7 heteroatoms. The van der Waals surface area contributed by atoms with E-state index in [0.717, 1.165) is 12.1 Å². The highest BCUT2D eigenvalue weighted by Crippen LogP contribution is 2.34. The standard InChI is InChI=1S/C13H13Cl2N3O2/c1-3-7-6-11(18(2)17-7)13(20)16-8-4-9(14)12(19)10(15)5-8/h4-6,19H,3H2,1-2H3,(H,16,20). The number of aromatic hydroxyl groups is 1. The first-order valence-corrected chi connectivity index (χ1v) is 6.70. The van der Waals surface area contributed by atoms with Crippen LogP contribution in [0.1, 0.15) is 23.1 Å². The Bertz CT molecular complexity index is 645. The third-order valence-corrected chi connectivity index (χ3v) is 3.38. The van der Waals surface area contributed by atoms with Crippen molar-refractivity contribution in [1.29, 1.82) is 0 Å². The quantitative estimate of drug-likeness (QED) is 0.855. The van der Waals surface area contributed by atoms with Crippen LogP contribution in [0.3, 0.4) is 0 Å². The molecule has 0 bridgehead atoms. The number of anilines is 1. The van der Waals surface area contributed by atoms with Crippen LogP contribution in [0.2, 0.25) is 10.0 Å². The van der Waals surface area contributed by atoms with E-state index in [0.29, 0.717) is 11.4 Å². The van der Waals surface area contributed by atoms with Gasteiger partial charge in [0.2, 0.25) is 0 Å². The molecular weight excluding hydrogens is 301 g/mol. The molecule has 0 unspecified atom stereocenters. The average Bonchev–Trinajstić information content (AvgIpc) is 2.77. The van der Waals surface area contributed by atoms with Crippen molar-refractivity contribution in [3.05, 3.63) is 39.6 Å². The van der Waals surface area contributed by atoms with Gasteiger partial charge in [0.15, 0.2) is 5.75 Å². The maximum absolute atomic E-state index is 12.2. The van der Waals surface area contributed by atoms with Crippen LogP contribution in [0.4, 0.5) is 5.69 Å². The summed E-state index contributed by atoms with van der Waals surface area (Å²) in [7, 11) is 1.70. The minimum atomic E-state index is -0.322. The lowest BCUT2D eigenvalue weighted by atomic mass is 10.2. The first kappa shape index (κ1) is 14.7. The van der Waals surface area contributed by atoms with Gasteiger partial charge < -0.3 is 10.4 Å². The van der Waals surface area contributed by atoms with Gasteiger partial charge in [0.25, 0.3) is 5.91 Å². The molecule has 106 valence electrons. The lowest BCUT2D eigenvalue weighted by Crippen LogP contribution is -2.16. The number of phenolic OH excluding ortho intramolecular Hbond substituents is 1. The zero-order valence-electron chi connectivity index (χ0n) is 10.9. The summed E-state index contributed by atoms with van der Waals surface area (Å²) in [6.45, 7) is 1.96. The molecule has 0 saturated carbocycles. The Morgan fingerprint density at radius 3 is 2.45 bits per heavy atom. The summed E-state index contributed by atoms with van der Waals surface area (Å²) in [4.78, 5) is 12.2. The van der Waals surface area contributed by atoms with Gasteiger partial charge in [-0.2, -0.15) is 5.10 Å². The van der Waals surface area contributed by atoms with Crippen molar-refractivity contribution < 1.29 is 9.90 Å². The van der Waals surface area contributed by atoms with Crippen LogP contribution in [0, 0.1) is 0 Å². The molecule has 0 fully saturated rings. The number of rotatable bonds is 3. The SMILES string of the molecule is CCc1cc(C(=O)Nc2cc(Cl)c(O)c(Cl)c2)n(C)n1. The molecule has 1 aromatic heterocycles. The number of aromatic nitrogens is 2. The fourth-order valence-corrected chi connectivity index (χ4v) is 2.23. The minimum Gasteiger partial charge on any atom is -0.505 e. The molecule has 0 aliphatic heterocycles. The van der Waals surface area contributed by atoms with Crippen LogP contribution < -0.4 is 5.32 Å². The van der Waals surface area contributed by atoms with Crippen LogP contribution in [0.25, 0.3) is 0 Å². The summed E-state index contributed by atoms with van der Waals surface area (Å²) in [5.41, 5.74) is 1.67. The average molecular weight is 314 g/mol. The number of nitrogens with zero attached hydrogens (tertiary/aromatic N) is 2. The summed E-state index contributed by atoms with van der Waals surface area (Å²) in [5, 5.41) is 16.5.